The summed E-state index contributed by atoms with van der Waals surface area (Å²) in [4.78, 5) is 26.2. The first-order valence-electron chi connectivity index (χ1n) is 5.46. The standard InChI is InChI=1S/C12H15N3O2/c1-14-6-7-15(12(17)11(14)16)8-9-2-4-10(13)5-3-9/h2-5H,6-8,13H2,1H3. The molecule has 2 amide bonds. The highest BCUT2D eigenvalue weighted by molar-refractivity contribution is 6.35. The lowest BCUT2D eigenvalue weighted by atomic mass is 10.2. The van der Waals surface area contributed by atoms with E-state index in [-0.39, 0.29) is 0 Å². The number of nitrogens with zero attached hydrogens (tertiary/aromatic N) is 2. The van der Waals surface area contributed by atoms with Crippen molar-refractivity contribution in [2.24, 2.45) is 0 Å². The molecule has 5 nitrogen and oxygen atoms in total. The Morgan fingerprint density at radius 3 is 2.41 bits per heavy atom. The van der Waals surface area contributed by atoms with Crippen molar-refractivity contribution in [2.45, 2.75) is 6.54 Å². The second-order valence-electron chi connectivity index (χ2n) is 4.19. The zero-order chi connectivity index (χ0) is 12.4. The first-order valence-corrected chi connectivity index (χ1v) is 5.46. The number of anilines is 1. The average Bonchev–Trinajstić information content (AvgIpc) is 2.33. The van der Waals surface area contributed by atoms with Crippen LogP contribution in [0.1, 0.15) is 5.56 Å². The monoisotopic (exact) mass is 233 g/mol. The van der Waals surface area contributed by atoms with Crippen LogP contribution < -0.4 is 5.73 Å². The van der Waals surface area contributed by atoms with Crippen molar-refractivity contribution in [2.75, 3.05) is 25.9 Å². The first-order chi connectivity index (χ1) is 8.08. The van der Waals surface area contributed by atoms with E-state index in [0.29, 0.717) is 25.3 Å². The Bertz CT molecular complexity index is 442. The van der Waals surface area contributed by atoms with Crippen molar-refractivity contribution < 1.29 is 9.59 Å². The predicted molar refractivity (Wildman–Crippen MR) is 63.9 cm³/mol. The lowest BCUT2D eigenvalue weighted by Gasteiger charge is -2.31. The SMILES string of the molecule is CN1CCN(Cc2ccc(N)cc2)C(=O)C1=O. The van der Waals surface area contributed by atoms with E-state index in [1.165, 1.54) is 4.90 Å². The molecule has 5 heteroatoms. The van der Waals surface area contributed by atoms with Gasteiger partial charge in [0.2, 0.25) is 0 Å². The number of amides is 2. The summed E-state index contributed by atoms with van der Waals surface area (Å²) in [5.74, 6) is -0.873. The maximum Gasteiger partial charge on any atom is 0.312 e. The van der Waals surface area contributed by atoms with Crippen LogP contribution in [0.25, 0.3) is 0 Å². The van der Waals surface area contributed by atoms with E-state index in [1.807, 2.05) is 12.1 Å². The fraction of sp³-hybridized carbons (Fsp3) is 0.333. The van der Waals surface area contributed by atoms with Crippen LogP contribution in [0.15, 0.2) is 24.3 Å². The van der Waals surface area contributed by atoms with E-state index in [2.05, 4.69) is 0 Å². The Kier molecular flexibility index (Phi) is 2.99. The molecule has 0 aromatic heterocycles. The van der Waals surface area contributed by atoms with Gasteiger partial charge in [0, 0.05) is 32.4 Å². The van der Waals surface area contributed by atoms with Crippen LogP contribution in [0.3, 0.4) is 0 Å². The van der Waals surface area contributed by atoms with Gasteiger partial charge in [-0.05, 0) is 17.7 Å². The number of piperazine rings is 1. The quantitative estimate of drug-likeness (QED) is 0.580. The highest BCUT2D eigenvalue weighted by Gasteiger charge is 2.29. The third-order valence-electron chi connectivity index (χ3n) is 2.88. The Morgan fingerprint density at radius 1 is 1.12 bits per heavy atom. The van der Waals surface area contributed by atoms with E-state index in [0.717, 1.165) is 5.56 Å². The molecular weight excluding hydrogens is 218 g/mol. The van der Waals surface area contributed by atoms with Gasteiger partial charge in [-0.2, -0.15) is 0 Å². The highest BCUT2D eigenvalue weighted by Crippen LogP contribution is 2.11. The minimum absolute atomic E-state index is 0.435. The van der Waals surface area contributed by atoms with Crippen LogP contribution in [0, 0.1) is 0 Å². The Balaban J connectivity index is 2.07. The molecule has 90 valence electrons. The molecule has 17 heavy (non-hydrogen) atoms. The van der Waals surface area contributed by atoms with E-state index in [4.69, 9.17) is 5.73 Å². The van der Waals surface area contributed by atoms with Crippen molar-refractivity contribution >= 4 is 17.5 Å². The van der Waals surface area contributed by atoms with E-state index in [1.54, 1.807) is 24.1 Å². The molecule has 0 bridgehead atoms. The number of nitrogen functional groups attached to an aromatic ring is 1. The third kappa shape index (κ3) is 2.38. The second-order valence-corrected chi connectivity index (χ2v) is 4.19. The third-order valence-corrected chi connectivity index (χ3v) is 2.88. The molecule has 1 aromatic rings. The first kappa shape index (κ1) is 11.4. The fourth-order valence-corrected chi connectivity index (χ4v) is 1.77. The molecule has 1 aliphatic heterocycles. The summed E-state index contributed by atoms with van der Waals surface area (Å²) in [6.07, 6.45) is 0. The van der Waals surface area contributed by atoms with Crippen LogP contribution in [0.2, 0.25) is 0 Å². The molecule has 1 heterocycles. The number of rotatable bonds is 2. The zero-order valence-corrected chi connectivity index (χ0v) is 9.72. The van der Waals surface area contributed by atoms with Crippen LogP contribution in [-0.2, 0) is 16.1 Å². The minimum atomic E-state index is -0.438. The normalized spacial score (nSPS) is 16.5. The second kappa shape index (κ2) is 4.45. The van der Waals surface area contributed by atoms with Gasteiger partial charge < -0.3 is 15.5 Å². The molecule has 0 saturated carbocycles. The molecular formula is C12H15N3O2. The van der Waals surface area contributed by atoms with Gasteiger partial charge in [0.1, 0.15) is 0 Å². The van der Waals surface area contributed by atoms with E-state index >= 15 is 0 Å². The number of carbonyl (C=O) groups excluding carboxylic acids is 2. The van der Waals surface area contributed by atoms with Crippen molar-refractivity contribution in [3.05, 3.63) is 29.8 Å². The smallest absolute Gasteiger partial charge is 0.312 e. The van der Waals surface area contributed by atoms with Crippen LogP contribution in [-0.4, -0.2) is 41.8 Å². The van der Waals surface area contributed by atoms with Crippen LogP contribution in [0.4, 0.5) is 5.69 Å². The number of hydrogen-bond acceptors (Lipinski definition) is 3. The summed E-state index contributed by atoms with van der Waals surface area (Å²) in [6.45, 7) is 1.61. The number of carbonyl (C=O) groups is 2. The Hall–Kier alpha value is -2.04. The molecule has 1 fully saturated rings. The Labute approximate surface area is 99.8 Å². The van der Waals surface area contributed by atoms with E-state index < -0.39 is 11.8 Å². The van der Waals surface area contributed by atoms with Gasteiger partial charge in [-0.15, -0.1) is 0 Å². The van der Waals surface area contributed by atoms with Crippen LogP contribution >= 0.6 is 0 Å². The van der Waals surface area contributed by atoms with Gasteiger partial charge in [-0.1, -0.05) is 12.1 Å². The molecule has 0 spiro atoms. The van der Waals surface area contributed by atoms with Gasteiger partial charge in [0.25, 0.3) is 0 Å². The molecule has 0 aliphatic carbocycles. The van der Waals surface area contributed by atoms with Crippen molar-refractivity contribution in [1.29, 1.82) is 0 Å². The Morgan fingerprint density at radius 2 is 1.76 bits per heavy atom. The molecule has 0 atom stereocenters. The summed E-state index contributed by atoms with van der Waals surface area (Å²) in [5, 5.41) is 0. The lowest BCUT2D eigenvalue weighted by molar-refractivity contribution is -0.155. The van der Waals surface area contributed by atoms with Crippen molar-refractivity contribution in [3.8, 4) is 0 Å². The highest BCUT2D eigenvalue weighted by atomic mass is 16.2. The number of likely N-dealkylation sites (N-methyl/N-ethyl adjacent to an activating group) is 1. The lowest BCUT2D eigenvalue weighted by Crippen LogP contribution is -2.52. The number of nitrogens with two attached hydrogens (primary N) is 1. The van der Waals surface area contributed by atoms with Gasteiger partial charge in [-0.25, -0.2) is 0 Å². The molecule has 2 N–H and O–H groups in total. The minimum Gasteiger partial charge on any atom is -0.399 e. The summed E-state index contributed by atoms with van der Waals surface area (Å²) in [5.41, 5.74) is 7.25. The fourth-order valence-electron chi connectivity index (χ4n) is 1.77. The van der Waals surface area contributed by atoms with Crippen molar-refractivity contribution in [1.82, 2.24) is 9.80 Å². The molecule has 0 radical (unpaired) electrons. The number of hydrogen-bond donors (Lipinski definition) is 1. The molecule has 2 rings (SSSR count). The van der Waals surface area contributed by atoms with Gasteiger partial charge >= 0.3 is 11.8 Å². The van der Waals surface area contributed by atoms with Crippen molar-refractivity contribution in [3.63, 3.8) is 0 Å². The van der Waals surface area contributed by atoms with Crippen LogP contribution in [0.5, 0.6) is 0 Å². The molecule has 1 saturated heterocycles. The molecule has 0 unspecified atom stereocenters. The maximum absolute atomic E-state index is 11.7. The number of benzene rings is 1. The summed E-state index contributed by atoms with van der Waals surface area (Å²) in [7, 11) is 1.64. The zero-order valence-electron chi connectivity index (χ0n) is 9.72. The summed E-state index contributed by atoms with van der Waals surface area (Å²) < 4.78 is 0. The topological polar surface area (TPSA) is 66.6 Å². The summed E-state index contributed by atoms with van der Waals surface area (Å²) in [6, 6.07) is 7.31. The van der Waals surface area contributed by atoms with Gasteiger partial charge in [-0.3, -0.25) is 9.59 Å². The maximum atomic E-state index is 11.7. The van der Waals surface area contributed by atoms with Gasteiger partial charge in [0.15, 0.2) is 0 Å². The predicted octanol–water partition coefficient (Wildman–Crippen LogP) is 0.0694. The largest absolute Gasteiger partial charge is 0.399 e. The van der Waals surface area contributed by atoms with E-state index in [9.17, 15) is 9.59 Å². The summed E-state index contributed by atoms with van der Waals surface area (Å²) >= 11 is 0. The average molecular weight is 233 g/mol. The van der Waals surface area contributed by atoms with Gasteiger partial charge in [0.05, 0.1) is 0 Å². The molecule has 1 aromatic carbocycles. The molecule has 1 aliphatic rings.